The van der Waals surface area contributed by atoms with Gasteiger partial charge >= 0.3 is 0 Å². The first-order valence-electron chi connectivity index (χ1n) is 15.4. The maximum Gasteiger partial charge on any atom is 0.105 e. The Kier molecular flexibility index (Phi) is 4.94. The topological polar surface area (TPSA) is 24.1 Å². The van der Waals surface area contributed by atoms with Crippen LogP contribution >= 0.6 is 0 Å². The molecule has 206 valence electrons. The monoisotopic (exact) mass is 560 g/mol. The molecule has 0 saturated carbocycles. The highest BCUT2D eigenvalue weighted by Crippen LogP contribution is 2.55. The molecule has 0 fully saturated rings. The highest BCUT2D eigenvalue weighted by molar-refractivity contribution is 6.19. The van der Waals surface area contributed by atoms with E-state index in [1.165, 1.54) is 88.4 Å². The average molecular weight is 561 g/mol. The van der Waals surface area contributed by atoms with Crippen LogP contribution in [0.4, 0.5) is 0 Å². The summed E-state index contributed by atoms with van der Waals surface area (Å²) in [6.45, 7) is 0. The maximum atomic E-state index is 4.11. The van der Waals surface area contributed by atoms with E-state index >= 15 is 0 Å². The lowest BCUT2D eigenvalue weighted by Gasteiger charge is -2.36. The van der Waals surface area contributed by atoms with Crippen molar-refractivity contribution >= 4 is 32.8 Å². The first kappa shape index (κ1) is 24.0. The Morgan fingerprint density at radius 2 is 1.02 bits per heavy atom. The highest BCUT2D eigenvalue weighted by Gasteiger charge is 2.38. The molecule has 44 heavy (non-hydrogen) atoms. The van der Waals surface area contributed by atoms with Gasteiger partial charge in [-0.25, -0.2) is 0 Å². The second kappa shape index (κ2) is 9.03. The highest BCUT2D eigenvalue weighted by atomic mass is 15.2. The van der Waals surface area contributed by atoms with Crippen molar-refractivity contribution in [3.8, 4) is 33.4 Å². The number of rotatable bonds is 3. The van der Waals surface area contributed by atoms with Crippen LogP contribution in [0.2, 0.25) is 0 Å². The van der Waals surface area contributed by atoms with E-state index in [9.17, 15) is 0 Å². The van der Waals surface area contributed by atoms with Crippen molar-refractivity contribution in [3.63, 3.8) is 0 Å². The van der Waals surface area contributed by atoms with E-state index in [0.29, 0.717) is 0 Å². The first-order chi connectivity index (χ1) is 21.8. The quantitative estimate of drug-likeness (QED) is 0.225. The normalized spacial score (nSPS) is 17.5. The standard InChI is InChI=1S/C42H28N2/c1-3-11-25(12-4-1)29-23-24-34(38-31-20-8-16-26-15-7-19-30(35(26)31)37(29)38)42-43-40(28-13-5-2-6-14-28)39-32-21-9-17-27-18-10-22-33(36(27)32)41(39)44-42/h1-24,40,42-44H. The molecular weight excluding hydrogens is 532 g/mol. The van der Waals surface area contributed by atoms with Gasteiger partial charge in [0.2, 0.25) is 0 Å². The van der Waals surface area contributed by atoms with Crippen LogP contribution in [0.25, 0.3) is 66.2 Å². The van der Waals surface area contributed by atoms with E-state index in [2.05, 4.69) is 156 Å². The minimum atomic E-state index is -0.0910. The Morgan fingerprint density at radius 1 is 0.432 bits per heavy atom. The van der Waals surface area contributed by atoms with Gasteiger partial charge in [0.1, 0.15) is 6.17 Å². The SMILES string of the molecule is c1ccc(-c2ccc(C3NC4=C(c5cccc6cccc4c56)C(c4ccccc4)N3)c3c2-c2cccc4cccc-3c24)cc1. The lowest BCUT2D eigenvalue weighted by atomic mass is 9.87. The van der Waals surface area contributed by atoms with Crippen LogP contribution in [0.1, 0.15) is 34.5 Å². The number of hydrogen-bond acceptors (Lipinski definition) is 2. The molecule has 2 atom stereocenters. The molecule has 0 amide bonds. The summed E-state index contributed by atoms with van der Waals surface area (Å²) in [6, 6.07) is 53.4. The Morgan fingerprint density at radius 3 is 1.73 bits per heavy atom. The molecule has 0 aromatic heterocycles. The summed E-state index contributed by atoms with van der Waals surface area (Å²) in [4.78, 5) is 0. The molecule has 1 aliphatic heterocycles. The molecule has 7 aromatic rings. The molecule has 1 heterocycles. The van der Waals surface area contributed by atoms with Crippen LogP contribution < -0.4 is 10.6 Å². The van der Waals surface area contributed by atoms with Gasteiger partial charge < -0.3 is 5.32 Å². The lowest BCUT2D eigenvalue weighted by molar-refractivity contribution is 0.454. The first-order valence-corrected chi connectivity index (χ1v) is 15.4. The summed E-state index contributed by atoms with van der Waals surface area (Å²) in [5, 5.41) is 13.4. The van der Waals surface area contributed by atoms with Gasteiger partial charge in [0.25, 0.3) is 0 Å². The fourth-order valence-corrected chi connectivity index (χ4v) is 8.07. The predicted molar refractivity (Wildman–Crippen MR) is 183 cm³/mol. The van der Waals surface area contributed by atoms with Gasteiger partial charge in [-0.05, 0) is 71.6 Å². The van der Waals surface area contributed by atoms with Crippen molar-refractivity contribution < 1.29 is 0 Å². The van der Waals surface area contributed by atoms with Crippen LogP contribution in [0.15, 0.2) is 146 Å². The van der Waals surface area contributed by atoms with Gasteiger partial charge in [-0.2, -0.15) is 0 Å². The van der Waals surface area contributed by atoms with Crippen LogP contribution in [0.5, 0.6) is 0 Å². The van der Waals surface area contributed by atoms with Gasteiger partial charge in [0.05, 0.1) is 6.04 Å². The van der Waals surface area contributed by atoms with Crippen molar-refractivity contribution in [2.45, 2.75) is 12.2 Å². The zero-order valence-corrected chi connectivity index (χ0v) is 24.0. The second-order valence-electron chi connectivity index (χ2n) is 12.1. The lowest BCUT2D eigenvalue weighted by Crippen LogP contribution is -2.41. The van der Waals surface area contributed by atoms with Gasteiger partial charge in [0, 0.05) is 16.8 Å². The van der Waals surface area contributed by atoms with E-state index in [1.807, 2.05) is 0 Å². The summed E-state index contributed by atoms with van der Waals surface area (Å²) in [6.07, 6.45) is -0.0910. The Balaban J connectivity index is 1.23. The molecule has 2 nitrogen and oxygen atoms in total. The minimum absolute atomic E-state index is 0.0412. The zero-order chi connectivity index (χ0) is 28.8. The van der Waals surface area contributed by atoms with Crippen molar-refractivity contribution in [2.24, 2.45) is 0 Å². The van der Waals surface area contributed by atoms with Crippen LogP contribution in [0.3, 0.4) is 0 Å². The molecule has 3 aliphatic rings. The molecule has 7 aromatic carbocycles. The minimum Gasteiger partial charge on any atom is -0.365 e. The smallest absolute Gasteiger partial charge is 0.105 e. The number of benzene rings is 7. The molecule has 2 aliphatic carbocycles. The van der Waals surface area contributed by atoms with Crippen LogP contribution in [-0.2, 0) is 0 Å². The Labute approximate surface area is 256 Å². The predicted octanol–water partition coefficient (Wildman–Crippen LogP) is 10.1. The van der Waals surface area contributed by atoms with Crippen LogP contribution in [0, 0.1) is 0 Å². The van der Waals surface area contributed by atoms with E-state index in [4.69, 9.17) is 0 Å². The van der Waals surface area contributed by atoms with Crippen molar-refractivity contribution in [1.82, 2.24) is 10.6 Å². The molecule has 10 rings (SSSR count). The largest absolute Gasteiger partial charge is 0.365 e. The fourth-order valence-electron chi connectivity index (χ4n) is 8.07. The molecule has 0 spiro atoms. The van der Waals surface area contributed by atoms with E-state index in [-0.39, 0.29) is 12.2 Å². The zero-order valence-electron chi connectivity index (χ0n) is 24.0. The second-order valence-corrected chi connectivity index (χ2v) is 12.1. The van der Waals surface area contributed by atoms with Crippen molar-refractivity contribution in [1.29, 1.82) is 0 Å². The third-order valence-electron chi connectivity index (χ3n) is 9.85. The third kappa shape index (κ3) is 3.23. The average Bonchev–Trinajstić information content (AvgIpc) is 3.61. The molecule has 2 heteroatoms. The Hall–Kier alpha value is -5.44. The Bertz CT molecular complexity index is 2320. The van der Waals surface area contributed by atoms with Crippen LogP contribution in [-0.4, -0.2) is 0 Å². The summed E-state index contributed by atoms with van der Waals surface area (Å²) in [7, 11) is 0. The van der Waals surface area contributed by atoms with Crippen molar-refractivity contribution in [2.75, 3.05) is 0 Å². The fraction of sp³-hybridized carbons (Fsp3) is 0.0476. The maximum absolute atomic E-state index is 4.11. The molecule has 0 bridgehead atoms. The molecule has 2 unspecified atom stereocenters. The molecule has 2 N–H and O–H groups in total. The van der Waals surface area contributed by atoms with Gasteiger partial charge in [-0.3, -0.25) is 5.32 Å². The molecule has 0 radical (unpaired) electrons. The number of hydrogen-bond donors (Lipinski definition) is 2. The van der Waals surface area contributed by atoms with Crippen molar-refractivity contribution in [3.05, 3.63) is 168 Å². The number of nitrogens with one attached hydrogen (secondary N) is 2. The molecule has 0 saturated heterocycles. The summed E-state index contributed by atoms with van der Waals surface area (Å²) in [5.74, 6) is 0. The number of fused-ring (bicyclic) bond motifs is 5. The van der Waals surface area contributed by atoms with E-state index < -0.39 is 0 Å². The van der Waals surface area contributed by atoms with E-state index in [1.54, 1.807) is 0 Å². The molecular formula is C42H28N2. The van der Waals surface area contributed by atoms with Gasteiger partial charge in [-0.15, -0.1) is 0 Å². The van der Waals surface area contributed by atoms with Gasteiger partial charge in [-0.1, -0.05) is 146 Å². The summed E-state index contributed by atoms with van der Waals surface area (Å²) < 4.78 is 0. The van der Waals surface area contributed by atoms with E-state index in [0.717, 1.165) is 0 Å². The third-order valence-corrected chi connectivity index (χ3v) is 9.85. The summed E-state index contributed by atoms with van der Waals surface area (Å²) >= 11 is 0. The van der Waals surface area contributed by atoms with Gasteiger partial charge in [0.15, 0.2) is 0 Å². The summed E-state index contributed by atoms with van der Waals surface area (Å²) in [5.41, 5.74) is 15.6.